The smallest absolute Gasteiger partial charge is 0.141 e. The van der Waals surface area contributed by atoms with Gasteiger partial charge in [-0.3, -0.25) is 0 Å². The van der Waals surface area contributed by atoms with Crippen molar-refractivity contribution in [3.63, 3.8) is 0 Å². The van der Waals surface area contributed by atoms with Gasteiger partial charge >= 0.3 is 0 Å². The van der Waals surface area contributed by atoms with Crippen LogP contribution < -0.4 is 10.2 Å². The Morgan fingerprint density at radius 1 is 1.38 bits per heavy atom. The SMILES string of the molecule is COC1CCN(c2ncc(F)cc2CNC(C)(C)C)CC1. The van der Waals surface area contributed by atoms with Crippen molar-refractivity contribution in [2.75, 3.05) is 25.1 Å². The molecule has 0 amide bonds. The first-order valence-corrected chi connectivity index (χ1v) is 7.56. The molecular formula is C16H26FN3O. The lowest BCUT2D eigenvalue weighted by molar-refractivity contribution is 0.0817. The van der Waals surface area contributed by atoms with Gasteiger partial charge in [0.05, 0.1) is 12.3 Å². The summed E-state index contributed by atoms with van der Waals surface area (Å²) in [6.45, 7) is 8.73. The van der Waals surface area contributed by atoms with Crippen LogP contribution in [0.1, 0.15) is 39.2 Å². The van der Waals surface area contributed by atoms with Crippen LogP contribution >= 0.6 is 0 Å². The maximum Gasteiger partial charge on any atom is 0.141 e. The van der Waals surface area contributed by atoms with E-state index in [4.69, 9.17) is 4.74 Å². The highest BCUT2D eigenvalue weighted by Gasteiger charge is 2.22. The number of aromatic nitrogens is 1. The normalized spacial score (nSPS) is 17.3. The van der Waals surface area contributed by atoms with Crippen LogP contribution in [0.2, 0.25) is 0 Å². The Labute approximate surface area is 126 Å². The summed E-state index contributed by atoms with van der Waals surface area (Å²) in [5.41, 5.74) is 0.910. The molecule has 0 saturated carbocycles. The molecule has 1 aliphatic rings. The zero-order valence-electron chi connectivity index (χ0n) is 13.4. The molecule has 0 aliphatic carbocycles. The van der Waals surface area contributed by atoms with Crippen LogP contribution in [0.15, 0.2) is 12.3 Å². The van der Waals surface area contributed by atoms with Gasteiger partial charge in [-0.2, -0.15) is 0 Å². The van der Waals surface area contributed by atoms with E-state index in [2.05, 4.69) is 36.0 Å². The molecule has 118 valence electrons. The molecule has 0 unspecified atom stereocenters. The van der Waals surface area contributed by atoms with E-state index in [9.17, 15) is 4.39 Å². The molecule has 1 N–H and O–H groups in total. The monoisotopic (exact) mass is 295 g/mol. The number of methoxy groups -OCH3 is 1. The second-order valence-corrected chi connectivity index (χ2v) is 6.66. The van der Waals surface area contributed by atoms with E-state index in [1.165, 1.54) is 6.20 Å². The molecule has 0 spiro atoms. The highest BCUT2D eigenvalue weighted by Crippen LogP contribution is 2.24. The number of hydrogen-bond donors (Lipinski definition) is 1. The molecule has 1 aromatic rings. The summed E-state index contributed by atoms with van der Waals surface area (Å²) in [6, 6.07) is 1.59. The number of hydrogen-bond acceptors (Lipinski definition) is 4. The second kappa shape index (κ2) is 6.71. The zero-order chi connectivity index (χ0) is 15.5. The van der Waals surface area contributed by atoms with E-state index in [0.717, 1.165) is 37.3 Å². The molecule has 5 heteroatoms. The van der Waals surface area contributed by atoms with Crippen molar-refractivity contribution in [3.05, 3.63) is 23.6 Å². The third-order valence-electron chi connectivity index (χ3n) is 3.79. The molecule has 1 saturated heterocycles. The van der Waals surface area contributed by atoms with Crippen molar-refractivity contribution in [1.29, 1.82) is 0 Å². The summed E-state index contributed by atoms with van der Waals surface area (Å²) >= 11 is 0. The molecule has 1 fully saturated rings. The van der Waals surface area contributed by atoms with Gasteiger partial charge in [-0.25, -0.2) is 9.37 Å². The minimum Gasteiger partial charge on any atom is -0.381 e. The highest BCUT2D eigenvalue weighted by molar-refractivity contribution is 5.47. The van der Waals surface area contributed by atoms with Crippen LogP contribution in [0.25, 0.3) is 0 Å². The highest BCUT2D eigenvalue weighted by atomic mass is 19.1. The first kappa shape index (κ1) is 16.2. The maximum absolute atomic E-state index is 13.5. The van der Waals surface area contributed by atoms with Gasteiger partial charge < -0.3 is 15.0 Å². The summed E-state index contributed by atoms with van der Waals surface area (Å²) in [5, 5.41) is 3.41. The van der Waals surface area contributed by atoms with Gasteiger partial charge in [-0.15, -0.1) is 0 Å². The van der Waals surface area contributed by atoms with Crippen LogP contribution in [0.5, 0.6) is 0 Å². The number of ether oxygens (including phenoxy) is 1. The number of anilines is 1. The van der Waals surface area contributed by atoms with Gasteiger partial charge in [0.15, 0.2) is 0 Å². The van der Waals surface area contributed by atoms with Crippen molar-refractivity contribution in [2.24, 2.45) is 0 Å². The minimum absolute atomic E-state index is 0.00731. The van der Waals surface area contributed by atoms with E-state index >= 15 is 0 Å². The topological polar surface area (TPSA) is 37.4 Å². The average Bonchev–Trinajstić information content (AvgIpc) is 2.45. The Bertz CT molecular complexity index is 465. The van der Waals surface area contributed by atoms with E-state index in [-0.39, 0.29) is 11.4 Å². The molecule has 21 heavy (non-hydrogen) atoms. The van der Waals surface area contributed by atoms with Crippen LogP contribution in [0.4, 0.5) is 10.2 Å². The lowest BCUT2D eigenvalue weighted by atomic mass is 10.1. The summed E-state index contributed by atoms with van der Waals surface area (Å²) in [4.78, 5) is 6.55. The first-order valence-electron chi connectivity index (χ1n) is 7.56. The Kier molecular flexibility index (Phi) is 5.17. The molecule has 1 aliphatic heterocycles. The molecule has 4 nitrogen and oxygen atoms in total. The number of nitrogens with one attached hydrogen (secondary N) is 1. The fourth-order valence-corrected chi connectivity index (χ4v) is 2.55. The van der Waals surface area contributed by atoms with E-state index in [1.807, 2.05) is 0 Å². The molecule has 1 aromatic heterocycles. The van der Waals surface area contributed by atoms with Crippen LogP contribution in [0, 0.1) is 5.82 Å². The van der Waals surface area contributed by atoms with E-state index in [0.29, 0.717) is 12.6 Å². The predicted molar refractivity (Wildman–Crippen MR) is 83.0 cm³/mol. The fourth-order valence-electron chi connectivity index (χ4n) is 2.55. The third kappa shape index (κ3) is 4.64. The lowest BCUT2D eigenvalue weighted by Crippen LogP contribution is -2.39. The largest absolute Gasteiger partial charge is 0.381 e. The molecule has 2 rings (SSSR count). The molecular weight excluding hydrogens is 269 g/mol. The summed E-state index contributed by atoms with van der Waals surface area (Å²) in [5.74, 6) is 0.610. The van der Waals surface area contributed by atoms with Gasteiger partial charge in [-0.1, -0.05) is 0 Å². The molecule has 0 radical (unpaired) electrons. The fraction of sp³-hybridized carbons (Fsp3) is 0.688. The summed E-state index contributed by atoms with van der Waals surface area (Å²) in [6.07, 6.45) is 3.61. The Balaban J connectivity index is 2.11. The number of nitrogens with zero attached hydrogens (tertiary/aromatic N) is 2. The van der Waals surface area contributed by atoms with Gasteiger partial charge in [-0.05, 0) is 39.7 Å². The number of rotatable bonds is 4. The van der Waals surface area contributed by atoms with Gasteiger partial charge in [0.2, 0.25) is 0 Å². The van der Waals surface area contributed by atoms with Crippen molar-refractivity contribution in [2.45, 2.75) is 51.8 Å². The Morgan fingerprint density at radius 2 is 2.05 bits per heavy atom. The van der Waals surface area contributed by atoms with Gasteiger partial charge in [0.25, 0.3) is 0 Å². The number of halogens is 1. The van der Waals surface area contributed by atoms with Crippen molar-refractivity contribution < 1.29 is 9.13 Å². The average molecular weight is 295 g/mol. The predicted octanol–water partition coefficient (Wildman–Crippen LogP) is 2.72. The van der Waals surface area contributed by atoms with Crippen LogP contribution in [0.3, 0.4) is 0 Å². The molecule has 0 bridgehead atoms. The molecule has 2 heterocycles. The minimum atomic E-state index is -0.281. The Hall–Kier alpha value is -1.20. The van der Waals surface area contributed by atoms with Crippen molar-refractivity contribution >= 4 is 5.82 Å². The quantitative estimate of drug-likeness (QED) is 0.927. The summed E-state index contributed by atoms with van der Waals surface area (Å²) in [7, 11) is 1.76. The number of pyridine rings is 1. The van der Waals surface area contributed by atoms with E-state index < -0.39 is 0 Å². The van der Waals surface area contributed by atoms with Crippen LogP contribution in [-0.2, 0) is 11.3 Å². The zero-order valence-corrected chi connectivity index (χ0v) is 13.4. The lowest BCUT2D eigenvalue weighted by Gasteiger charge is -2.33. The standard InChI is InChI=1S/C16H26FN3O/c1-16(2,3)19-10-12-9-13(17)11-18-15(12)20-7-5-14(21-4)6-8-20/h9,11,14,19H,5-8,10H2,1-4H3. The number of piperidine rings is 1. The third-order valence-corrected chi connectivity index (χ3v) is 3.79. The second-order valence-electron chi connectivity index (χ2n) is 6.66. The Morgan fingerprint density at radius 3 is 2.62 bits per heavy atom. The summed E-state index contributed by atoms with van der Waals surface area (Å²) < 4.78 is 18.9. The van der Waals surface area contributed by atoms with E-state index in [1.54, 1.807) is 13.2 Å². The molecule has 0 atom stereocenters. The first-order chi connectivity index (χ1) is 9.89. The van der Waals surface area contributed by atoms with Gasteiger partial charge in [0.1, 0.15) is 11.6 Å². The van der Waals surface area contributed by atoms with Crippen LogP contribution in [-0.4, -0.2) is 36.8 Å². The maximum atomic E-state index is 13.5. The van der Waals surface area contributed by atoms with Crippen molar-refractivity contribution in [1.82, 2.24) is 10.3 Å². The molecule has 0 aromatic carbocycles. The van der Waals surface area contributed by atoms with Crippen molar-refractivity contribution in [3.8, 4) is 0 Å². The van der Waals surface area contributed by atoms with Gasteiger partial charge in [0, 0.05) is 37.8 Å².